The van der Waals surface area contributed by atoms with Crippen molar-refractivity contribution in [1.82, 2.24) is 9.55 Å². The number of pyridine rings is 1. The fourth-order valence-electron chi connectivity index (χ4n) is 4.68. The van der Waals surface area contributed by atoms with Crippen molar-refractivity contribution >= 4 is 21.8 Å². The third-order valence-corrected chi connectivity index (χ3v) is 6.34. The van der Waals surface area contributed by atoms with E-state index in [2.05, 4.69) is 64.2 Å². The predicted molar refractivity (Wildman–Crippen MR) is 139 cm³/mol. The van der Waals surface area contributed by atoms with Crippen LogP contribution in [0.3, 0.4) is 0 Å². The summed E-state index contributed by atoms with van der Waals surface area (Å²) in [6.45, 7) is 0. The smallest absolute Gasteiger partial charge is 0.0992 e. The molecule has 0 N–H and O–H groups in total. The summed E-state index contributed by atoms with van der Waals surface area (Å²) in [6.07, 6.45) is 3.52. The Hall–Kier alpha value is -5.19. The van der Waals surface area contributed by atoms with Crippen molar-refractivity contribution in [1.29, 1.82) is 10.5 Å². The molecule has 162 valence electrons. The average Bonchev–Trinajstić information content (AvgIpc) is 3.27. The molecule has 0 aliphatic carbocycles. The van der Waals surface area contributed by atoms with Crippen molar-refractivity contribution in [2.45, 2.75) is 0 Å². The third kappa shape index (κ3) is 3.51. The Morgan fingerprint density at radius 3 is 2.00 bits per heavy atom. The van der Waals surface area contributed by atoms with Gasteiger partial charge in [-0.2, -0.15) is 10.5 Å². The molecule has 4 nitrogen and oxygen atoms in total. The van der Waals surface area contributed by atoms with E-state index < -0.39 is 0 Å². The van der Waals surface area contributed by atoms with Crippen LogP contribution in [-0.4, -0.2) is 9.55 Å². The summed E-state index contributed by atoms with van der Waals surface area (Å²) in [5.41, 5.74) is 8.40. The van der Waals surface area contributed by atoms with Gasteiger partial charge in [-0.3, -0.25) is 4.98 Å². The number of benzene rings is 4. The SMILES string of the molecule is N#Cc1ccc(-c2ccc3c4ccccc4n(-c4cc(C#N)cc(-c5ccncc5)c4)c3c2)cc1. The monoisotopic (exact) mass is 446 g/mol. The van der Waals surface area contributed by atoms with Crippen LogP contribution in [0.25, 0.3) is 49.7 Å². The quantitative estimate of drug-likeness (QED) is 0.287. The Kier molecular flexibility index (Phi) is 4.84. The van der Waals surface area contributed by atoms with Crippen LogP contribution in [0.4, 0.5) is 0 Å². The van der Waals surface area contributed by atoms with Gasteiger partial charge in [-0.15, -0.1) is 0 Å². The fourth-order valence-corrected chi connectivity index (χ4v) is 4.68. The van der Waals surface area contributed by atoms with Crippen molar-refractivity contribution in [2.24, 2.45) is 0 Å². The highest BCUT2D eigenvalue weighted by Gasteiger charge is 2.15. The van der Waals surface area contributed by atoms with Gasteiger partial charge in [0.25, 0.3) is 0 Å². The maximum absolute atomic E-state index is 9.80. The van der Waals surface area contributed by atoms with Crippen LogP contribution in [-0.2, 0) is 0 Å². The van der Waals surface area contributed by atoms with E-state index in [1.54, 1.807) is 12.4 Å². The zero-order chi connectivity index (χ0) is 23.8. The molecule has 0 aliphatic rings. The summed E-state index contributed by atoms with van der Waals surface area (Å²) in [4.78, 5) is 4.13. The highest BCUT2D eigenvalue weighted by Crippen LogP contribution is 2.36. The lowest BCUT2D eigenvalue weighted by Crippen LogP contribution is -1.96. The number of para-hydroxylation sites is 1. The molecule has 0 atom stereocenters. The molecule has 0 saturated carbocycles. The molecular weight excluding hydrogens is 428 g/mol. The molecule has 6 rings (SSSR count). The van der Waals surface area contributed by atoms with Crippen LogP contribution in [0, 0.1) is 22.7 Å². The van der Waals surface area contributed by atoms with Crippen molar-refractivity contribution in [3.05, 3.63) is 121 Å². The highest BCUT2D eigenvalue weighted by molar-refractivity contribution is 6.10. The minimum Gasteiger partial charge on any atom is -0.309 e. The second-order valence-corrected chi connectivity index (χ2v) is 8.39. The lowest BCUT2D eigenvalue weighted by Gasteiger charge is -2.12. The van der Waals surface area contributed by atoms with E-state index in [0.29, 0.717) is 11.1 Å². The lowest BCUT2D eigenvalue weighted by atomic mass is 10.0. The van der Waals surface area contributed by atoms with Crippen molar-refractivity contribution in [3.63, 3.8) is 0 Å². The van der Waals surface area contributed by atoms with Gasteiger partial charge < -0.3 is 4.57 Å². The van der Waals surface area contributed by atoms with Crippen LogP contribution in [0.1, 0.15) is 11.1 Å². The van der Waals surface area contributed by atoms with Gasteiger partial charge in [-0.25, -0.2) is 0 Å². The molecule has 0 unspecified atom stereocenters. The number of fused-ring (bicyclic) bond motifs is 3. The van der Waals surface area contributed by atoms with E-state index in [1.807, 2.05) is 54.6 Å². The lowest BCUT2D eigenvalue weighted by molar-refractivity contribution is 1.18. The number of rotatable bonds is 3. The minimum atomic E-state index is 0.600. The van der Waals surface area contributed by atoms with E-state index >= 15 is 0 Å². The van der Waals surface area contributed by atoms with Gasteiger partial charge in [0.05, 0.1) is 34.3 Å². The van der Waals surface area contributed by atoms with Gasteiger partial charge in [0.1, 0.15) is 0 Å². The van der Waals surface area contributed by atoms with E-state index in [1.165, 1.54) is 0 Å². The minimum absolute atomic E-state index is 0.600. The Bertz CT molecular complexity index is 1800. The Morgan fingerprint density at radius 2 is 1.23 bits per heavy atom. The zero-order valence-electron chi connectivity index (χ0n) is 18.7. The molecular formula is C31H18N4. The molecule has 0 amide bonds. The first-order valence-electron chi connectivity index (χ1n) is 11.2. The first kappa shape index (κ1) is 20.4. The molecule has 0 spiro atoms. The van der Waals surface area contributed by atoms with Gasteiger partial charge >= 0.3 is 0 Å². The van der Waals surface area contributed by atoms with Crippen LogP contribution in [0.2, 0.25) is 0 Å². The number of hydrogen-bond acceptors (Lipinski definition) is 3. The summed E-state index contributed by atoms with van der Waals surface area (Å²) in [5.74, 6) is 0. The molecule has 2 heterocycles. The zero-order valence-corrected chi connectivity index (χ0v) is 18.7. The summed E-state index contributed by atoms with van der Waals surface area (Å²) in [7, 11) is 0. The molecule has 0 radical (unpaired) electrons. The molecule has 6 aromatic rings. The number of nitrogens with zero attached hydrogens (tertiary/aromatic N) is 4. The molecule has 0 aliphatic heterocycles. The summed E-state index contributed by atoms with van der Waals surface area (Å²) < 4.78 is 2.23. The summed E-state index contributed by atoms with van der Waals surface area (Å²) in [5, 5.41) is 21.2. The van der Waals surface area contributed by atoms with Gasteiger partial charge in [0.2, 0.25) is 0 Å². The molecule has 35 heavy (non-hydrogen) atoms. The van der Waals surface area contributed by atoms with Crippen LogP contribution in [0.15, 0.2) is 109 Å². The highest BCUT2D eigenvalue weighted by atomic mass is 15.0. The van der Waals surface area contributed by atoms with Crippen molar-refractivity contribution < 1.29 is 0 Å². The van der Waals surface area contributed by atoms with E-state index in [4.69, 9.17) is 5.26 Å². The second-order valence-electron chi connectivity index (χ2n) is 8.39. The Labute approximate surface area is 202 Å². The van der Waals surface area contributed by atoms with Gasteiger partial charge in [-0.1, -0.05) is 42.5 Å². The largest absolute Gasteiger partial charge is 0.309 e. The van der Waals surface area contributed by atoms with Crippen molar-refractivity contribution in [2.75, 3.05) is 0 Å². The van der Waals surface area contributed by atoms with Gasteiger partial charge in [0, 0.05) is 28.9 Å². The molecule has 4 heteroatoms. The maximum atomic E-state index is 9.80. The third-order valence-electron chi connectivity index (χ3n) is 6.34. The summed E-state index contributed by atoms with van der Waals surface area (Å²) in [6, 6.07) is 36.8. The topological polar surface area (TPSA) is 65.4 Å². The Morgan fingerprint density at radius 1 is 0.543 bits per heavy atom. The first-order valence-corrected chi connectivity index (χ1v) is 11.2. The molecule has 0 saturated heterocycles. The Balaban J connectivity index is 1.63. The van der Waals surface area contributed by atoms with E-state index in [0.717, 1.165) is 49.7 Å². The second kappa shape index (κ2) is 8.30. The van der Waals surface area contributed by atoms with Crippen LogP contribution < -0.4 is 0 Å². The number of aromatic nitrogens is 2. The van der Waals surface area contributed by atoms with Crippen LogP contribution >= 0.6 is 0 Å². The van der Waals surface area contributed by atoms with Crippen LogP contribution in [0.5, 0.6) is 0 Å². The number of hydrogen-bond donors (Lipinski definition) is 0. The van der Waals surface area contributed by atoms with Gasteiger partial charge in [0.15, 0.2) is 0 Å². The summed E-state index contributed by atoms with van der Waals surface area (Å²) >= 11 is 0. The normalized spacial score (nSPS) is 10.8. The molecule has 0 fully saturated rings. The predicted octanol–water partition coefficient (Wildman–Crippen LogP) is 7.26. The molecule has 2 aromatic heterocycles. The number of nitriles is 2. The maximum Gasteiger partial charge on any atom is 0.0992 e. The van der Waals surface area contributed by atoms with Crippen molar-refractivity contribution in [3.8, 4) is 40.1 Å². The van der Waals surface area contributed by atoms with E-state index in [9.17, 15) is 5.26 Å². The molecule has 4 aromatic carbocycles. The van der Waals surface area contributed by atoms with E-state index in [-0.39, 0.29) is 0 Å². The van der Waals surface area contributed by atoms with Gasteiger partial charge in [-0.05, 0) is 76.9 Å². The average molecular weight is 447 g/mol. The molecule has 0 bridgehead atoms. The standard InChI is InChI=1S/C31H18N4/c32-19-21-5-7-23(8-6-21)25-9-10-29-28-3-1-2-4-30(28)35(31(29)18-25)27-16-22(20-33)15-26(17-27)24-11-13-34-14-12-24/h1-18H. The first-order chi connectivity index (χ1) is 17.2. The fraction of sp³-hybridized carbons (Fsp3) is 0.